The lowest BCUT2D eigenvalue weighted by Gasteiger charge is -2.16. The highest BCUT2D eigenvalue weighted by atomic mass is 32.2. The SMILES string of the molecule is Cc1[nH]nc(CNC2CC2)c1S(=O)(=O)N1CCCC1. The van der Waals surface area contributed by atoms with Crippen molar-refractivity contribution in [3.8, 4) is 0 Å². The number of hydrogen-bond donors (Lipinski definition) is 2. The van der Waals surface area contributed by atoms with Crippen molar-refractivity contribution in [1.29, 1.82) is 0 Å². The molecule has 2 aliphatic rings. The molecule has 1 saturated heterocycles. The predicted octanol–water partition coefficient (Wildman–Crippen LogP) is 0.755. The summed E-state index contributed by atoms with van der Waals surface area (Å²) in [4.78, 5) is 0.377. The van der Waals surface area contributed by atoms with Gasteiger partial charge in [0.15, 0.2) is 0 Å². The van der Waals surface area contributed by atoms with Gasteiger partial charge in [-0.2, -0.15) is 9.40 Å². The zero-order valence-corrected chi connectivity index (χ0v) is 12.0. The van der Waals surface area contributed by atoms with Crippen molar-refractivity contribution < 1.29 is 8.42 Å². The first-order valence-corrected chi connectivity index (χ1v) is 8.30. The van der Waals surface area contributed by atoms with Gasteiger partial charge in [0.25, 0.3) is 0 Å². The second-order valence-electron chi connectivity index (χ2n) is 5.39. The highest BCUT2D eigenvalue weighted by Gasteiger charge is 2.33. The summed E-state index contributed by atoms with van der Waals surface area (Å²) >= 11 is 0. The molecule has 106 valence electrons. The minimum atomic E-state index is -3.38. The summed E-state index contributed by atoms with van der Waals surface area (Å²) in [6, 6.07) is 0.541. The molecule has 6 nitrogen and oxygen atoms in total. The number of nitrogens with zero attached hydrogens (tertiary/aromatic N) is 2. The fourth-order valence-electron chi connectivity index (χ4n) is 2.52. The molecular weight excluding hydrogens is 264 g/mol. The van der Waals surface area contributed by atoms with Crippen LogP contribution in [0.4, 0.5) is 0 Å². The molecule has 0 spiro atoms. The first-order valence-electron chi connectivity index (χ1n) is 6.86. The lowest BCUT2D eigenvalue weighted by Crippen LogP contribution is -2.29. The number of sulfonamides is 1. The molecule has 7 heteroatoms. The predicted molar refractivity (Wildman–Crippen MR) is 71.2 cm³/mol. The van der Waals surface area contributed by atoms with Crippen molar-refractivity contribution in [1.82, 2.24) is 19.8 Å². The van der Waals surface area contributed by atoms with Crippen LogP contribution in [0.15, 0.2) is 4.90 Å². The minimum Gasteiger partial charge on any atom is -0.308 e. The van der Waals surface area contributed by atoms with E-state index in [1.54, 1.807) is 11.2 Å². The van der Waals surface area contributed by atoms with Gasteiger partial charge in [-0.3, -0.25) is 5.10 Å². The fourth-order valence-corrected chi connectivity index (χ4v) is 4.36. The summed E-state index contributed by atoms with van der Waals surface area (Å²) in [5, 5.41) is 10.3. The summed E-state index contributed by atoms with van der Waals surface area (Å²) in [6.07, 6.45) is 4.26. The van der Waals surface area contributed by atoms with Gasteiger partial charge in [-0.25, -0.2) is 8.42 Å². The molecule has 0 radical (unpaired) electrons. The second-order valence-corrected chi connectivity index (χ2v) is 7.27. The van der Waals surface area contributed by atoms with Crippen molar-refractivity contribution in [3.05, 3.63) is 11.4 Å². The summed E-state index contributed by atoms with van der Waals surface area (Å²) in [5.41, 5.74) is 1.26. The van der Waals surface area contributed by atoms with E-state index in [9.17, 15) is 8.42 Å². The van der Waals surface area contributed by atoms with E-state index >= 15 is 0 Å². The Bertz CT molecular complexity index is 556. The molecule has 1 aliphatic heterocycles. The maximum atomic E-state index is 12.6. The van der Waals surface area contributed by atoms with Crippen molar-refractivity contribution in [2.45, 2.75) is 50.1 Å². The van der Waals surface area contributed by atoms with Crippen LogP contribution >= 0.6 is 0 Å². The van der Waals surface area contributed by atoms with Crippen LogP contribution in [0.5, 0.6) is 0 Å². The Morgan fingerprint density at radius 1 is 1.37 bits per heavy atom. The number of hydrogen-bond acceptors (Lipinski definition) is 4. The van der Waals surface area contributed by atoms with Crippen LogP contribution in [0.3, 0.4) is 0 Å². The first kappa shape index (κ1) is 13.1. The quantitative estimate of drug-likeness (QED) is 0.836. The molecule has 2 fully saturated rings. The van der Waals surface area contributed by atoms with Crippen LogP contribution in [0.2, 0.25) is 0 Å². The molecule has 0 unspecified atom stereocenters. The molecule has 2 heterocycles. The van der Waals surface area contributed by atoms with Gasteiger partial charge in [0.1, 0.15) is 4.90 Å². The van der Waals surface area contributed by atoms with Crippen LogP contribution < -0.4 is 5.32 Å². The third-order valence-electron chi connectivity index (χ3n) is 3.76. The Kier molecular flexibility index (Phi) is 3.36. The molecule has 0 atom stereocenters. The Balaban J connectivity index is 1.86. The van der Waals surface area contributed by atoms with Gasteiger partial charge >= 0.3 is 0 Å². The Morgan fingerprint density at radius 3 is 2.68 bits per heavy atom. The molecule has 2 N–H and O–H groups in total. The molecule has 1 aliphatic carbocycles. The Hall–Kier alpha value is -0.920. The monoisotopic (exact) mass is 284 g/mol. The van der Waals surface area contributed by atoms with E-state index in [-0.39, 0.29) is 0 Å². The third kappa shape index (κ3) is 2.54. The van der Waals surface area contributed by atoms with Crippen molar-refractivity contribution in [2.24, 2.45) is 0 Å². The standard InChI is InChI=1S/C12H20N4O2S/c1-9-12(19(17,18)16-6-2-3-7-16)11(15-14-9)8-13-10-4-5-10/h10,13H,2-8H2,1H3,(H,14,15). The van der Waals surface area contributed by atoms with Crippen molar-refractivity contribution in [3.63, 3.8) is 0 Å². The molecule has 1 aromatic heterocycles. The van der Waals surface area contributed by atoms with Crippen molar-refractivity contribution in [2.75, 3.05) is 13.1 Å². The normalized spacial score (nSPS) is 21.1. The highest BCUT2D eigenvalue weighted by molar-refractivity contribution is 7.89. The van der Waals surface area contributed by atoms with Crippen LogP contribution in [0.1, 0.15) is 37.1 Å². The minimum absolute atomic E-state index is 0.377. The number of aromatic amines is 1. The van der Waals surface area contributed by atoms with Crippen LogP contribution in [0, 0.1) is 6.92 Å². The van der Waals surface area contributed by atoms with E-state index in [1.165, 1.54) is 12.8 Å². The highest BCUT2D eigenvalue weighted by Crippen LogP contribution is 2.26. The van der Waals surface area contributed by atoms with Gasteiger partial charge < -0.3 is 5.32 Å². The summed E-state index contributed by atoms with van der Waals surface area (Å²) in [5.74, 6) is 0. The van der Waals surface area contributed by atoms with E-state index in [4.69, 9.17) is 0 Å². The van der Waals surface area contributed by atoms with Crippen LogP contribution in [-0.2, 0) is 16.6 Å². The summed E-state index contributed by atoms with van der Waals surface area (Å²) in [6.45, 7) is 3.55. The molecule has 1 aromatic rings. The maximum Gasteiger partial charge on any atom is 0.246 e. The second kappa shape index (κ2) is 4.88. The van der Waals surface area contributed by atoms with Gasteiger partial charge in [0.2, 0.25) is 10.0 Å². The molecule has 3 rings (SSSR count). The number of H-pyrrole nitrogens is 1. The van der Waals surface area contributed by atoms with Crippen LogP contribution in [-0.4, -0.2) is 42.1 Å². The molecule has 1 saturated carbocycles. The number of aromatic nitrogens is 2. The maximum absolute atomic E-state index is 12.6. The number of rotatable bonds is 5. The largest absolute Gasteiger partial charge is 0.308 e. The van der Waals surface area contributed by atoms with Gasteiger partial charge in [0, 0.05) is 25.7 Å². The van der Waals surface area contributed by atoms with Crippen molar-refractivity contribution >= 4 is 10.0 Å². The summed E-state index contributed by atoms with van der Waals surface area (Å²) in [7, 11) is -3.38. The first-order chi connectivity index (χ1) is 9.09. The van der Waals surface area contributed by atoms with E-state index in [2.05, 4.69) is 15.5 Å². The molecule has 0 bridgehead atoms. The van der Waals surface area contributed by atoms with E-state index in [1.807, 2.05) is 0 Å². The van der Waals surface area contributed by atoms with Gasteiger partial charge in [0.05, 0.1) is 11.4 Å². The lowest BCUT2D eigenvalue weighted by molar-refractivity contribution is 0.475. The molecular formula is C12H20N4O2S. The van der Waals surface area contributed by atoms with Gasteiger partial charge in [-0.15, -0.1) is 0 Å². The number of aryl methyl sites for hydroxylation is 1. The lowest BCUT2D eigenvalue weighted by atomic mass is 10.3. The fraction of sp³-hybridized carbons (Fsp3) is 0.750. The summed E-state index contributed by atoms with van der Waals surface area (Å²) < 4.78 is 26.8. The zero-order chi connectivity index (χ0) is 13.5. The average molecular weight is 284 g/mol. The Labute approximate surface area is 113 Å². The molecule has 19 heavy (non-hydrogen) atoms. The third-order valence-corrected chi connectivity index (χ3v) is 5.86. The molecule has 0 aromatic carbocycles. The van der Waals surface area contributed by atoms with E-state index in [0.717, 1.165) is 12.8 Å². The average Bonchev–Trinajstić information content (AvgIpc) is 2.89. The number of nitrogens with one attached hydrogen (secondary N) is 2. The van der Waals surface area contributed by atoms with E-state index < -0.39 is 10.0 Å². The topological polar surface area (TPSA) is 78.1 Å². The van der Waals surface area contributed by atoms with E-state index in [0.29, 0.717) is 42.0 Å². The zero-order valence-electron chi connectivity index (χ0n) is 11.1. The van der Waals surface area contributed by atoms with Gasteiger partial charge in [-0.05, 0) is 32.6 Å². The Morgan fingerprint density at radius 2 is 2.05 bits per heavy atom. The molecule has 0 amide bonds. The van der Waals surface area contributed by atoms with Crippen LogP contribution in [0.25, 0.3) is 0 Å². The smallest absolute Gasteiger partial charge is 0.246 e. The van der Waals surface area contributed by atoms with Gasteiger partial charge in [-0.1, -0.05) is 0 Å².